The number of nitrogens with one attached hydrogen (secondary N) is 1. The number of nitrogens with two attached hydrogens (primary N) is 1. The Morgan fingerprint density at radius 1 is 1.09 bits per heavy atom. The maximum atomic E-state index is 13.5. The van der Waals surface area contributed by atoms with Crippen molar-refractivity contribution in [2.75, 3.05) is 5.32 Å². The molecule has 2 atom stereocenters. The van der Waals surface area contributed by atoms with Crippen molar-refractivity contribution in [3.63, 3.8) is 0 Å². The van der Waals surface area contributed by atoms with Gasteiger partial charge in [0, 0.05) is 11.6 Å². The summed E-state index contributed by atoms with van der Waals surface area (Å²) in [6, 6.07) is 12.4. The monoisotopic (exact) mass is 305 g/mol. The first-order valence-electron chi connectivity index (χ1n) is 7.13. The summed E-state index contributed by atoms with van der Waals surface area (Å²) < 4.78 is 26.6. The minimum atomic E-state index is -0.655. The van der Waals surface area contributed by atoms with Gasteiger partial charge < -0.3 is 10.6 Å². The minimum Gasteiger partial charge on any atom is -0.330 e. The maximum Gasteiger partial charge on any atom is 0.282 e. The van der Waals surface area contributed by atoms with Crippen LogP contribution in [0.3, 0.4) is 0 Å². The van der Waals surface area contributed by atoms with Crippen molar-refractivity contribution in [3.05, 3.63) is 65.7 Å². The number of carbonyl (C=O) groups is 1. The maximum absolute atomic E-state index is 13.5. The van der Waals surface area contributed by atoms with Gasteiger partial charge in [-0.1, -0.05) is 30.3 Å². The zero-order chi connectivity index (χ0) is 16.1. The fraction of sp³-hybridized carbons (Fsp3) is 0.235. The Balaban J connectivity index is 1.99. The number of amides is 1. The summed E-state index contributed by atoms with van der Waals surface area (Å²) in [6.07, 6.45) is 0. The molecule has 2 rings (SSSR count). The lowest BCUT2D eigenvalue weighted by atomic mass is 10.1. The number of halogens is 2. The molecule has 2 aromatic carbocycles. The van der Waals surface area contributed by atoms with Crippen molar-refractivity contribution in [1.82, 2.24) is 0 Å². The van der Waals surface area contributed by atoms with Crippen LogP contribution in [0.1, 0.15) is 25.5 Å². The predicted octanol–water partition coefficient (Wildman–Crippen LogP) is 2.62. The summed E-state index contributed by atoms with van der Waals surface area (Å²) in [7, 11) is 0. The minimum absolute atomic E-state index is 0.0827. The van der Waals surface area contributed by atoms with E-state index < -0.39 is 17.7 Å². The molecule has 22 heavy (non-hydrogen) atoms. The van der Waals surface area contributed by atoms with Crippen LogP contribution in [0.2, 0.25) is 0 Å². The van der Waals surface area contributed by atoms with Crippen LogP contribution in [0.4, 0.5) is 14.5 Å². The largest absolute Gasteiger partial charge is 0.330 e. The second kappa shape index (κ2) is 7.13. The molecule has 0 aromatic heterocycles. The van der Waals surface area contributed by atoms with E-state index in [-0.39, 0.29) is 17.6 Å². The fourth-order valence-electron chi connectivity index (χ4n) is 2.23. The van der Waals surface area contributed by atoms with Crippen LogP contribution in [0.15, 0.2) is 48.5 Å². The van der Waals surface area contributed by atoms with Gasteiger partial charge in [0.1, 0.15) is 17.7 Å². The van der Waals surface area contributed by atoms with Gasteiger partial charge in [-0.3, -0.25) is 4.79 Å². The molecule has 5 heteroatoms. The SMILES string of the molecule is C[C@H]([NH2+][C@H](C)c1ccccc1)C(=O)Nc1cc(F)ccc1F. The fourth-order valence-corrected chi connectivity index (χ4v) is 2.23. The molecular formula is C17H19F2N2O+. The summed E-state index contributed by atoms with van der Waals surface area (Å²) in [5, 5.41) is 4.30. The lowest BCUT2D eigenvalue weighted by Crippen LogP contribution is -2.91. The molecule has 0 aliphatic heterocycles. The zero-order valence-electron chi connectivity index (χ0n) is 12.5. The molecule has 0 unspecified atom stereocenters. The Morgan fingerprint density at radius 2 is 1.77 bits per heavy atom. The third kappa shape index (κ3) is 4.11. The van der Waals surface area contributed by atoms with Crippen molar-refractivity contribution < 1.29 is 18.9 Å². The third-order valence-electron chi connectivity index (χ3n) is 3.50. The highest BCUT2D eigenvalue weighted by atomic mass is 19.1. The molecule has 0 radical (unpaired) electrons. The van der Waals surface area contributed by atoms with Crippen LogP contribution in [0.25, 0.3) is 0 Å². The number of hydrogen-bond donors (Lipinski definition) is 2. The van der Waals surface area contributed by atoms with Gasteiger partial charge in [0.25, 0.3) is 5.91 Å². The second-order valence-electron chi connectivity index (χ2n) is 5.29. The van der Waals surface area contributed by atoms with Crippen molar-refractivity contribution in [3.8, 4) is 0 Å². The Kier molecular flexibility index (Phi) is 5.22. The first kappa shape index (κ1) is 16.1. The van der Waals surface area contributed by atoms with E-state index in [9.17, 15) is 13.6 Å². The molecule has 1 amide bonds. The molecular weight excluding hydrogens is 286 g/mol. The summed E-state index contributed by atoms with van der Waals surface area (Å²) in [5.41, 5.74) is 0.955. The summed E-state index contributed by atoms with van der Waals surface area (Å²) in [5.74, 6) is -1.61. The van der Waals surface area contributed by atoms with Crippen molar-refractivity contribution in [2.45, 2.75) is 25.9 Å². The van der Waals surface area contributed by atoms with Gasteiger partial charge in [0.15, 0.2) is 6.04 Å². The first-order chi connectivity index (χ1) is 10.5. The highest BCUT2D eigenvalue weighted by Crippen LogP contribution is 2.15. The molecule has 3 nitrogen and oxygen atoms in total. The smallest absolute Gasteiger partial charge is 0.282 e. The zero-order valence-corrected chi connectivity index (χ0v) is 12.5. The van der Waals surface area contributed by atoms with Gasteiger partial charge in [-0.15, -0.1) is 0 Å². The highest BCUT2D eigenvalue weighted by molar-refractivity contribution is 5.93. The molecule has 116 valence electrons. The van der Waals surface area contributed by atoms with Gasteiger partial charge in [-0.2, -0.15) is 0 Å². The van der Waals surface area contributed by atoms with Crippen molar-refractivity contribution in [1.29, 1.82) is 0 Å². The van der Waals surface area contributed by atoms with Gasteiger partial charge in [-0.25, -0.2) is 8.78 Å². The number of hydrogen-bond acceptors (Lipinski definition) is 1. The quantitative estimate of drug-likeness (QED) is 0.876. The van der Waals surface area contributed by atoms with Crippen LogP contribution < -0.4 is 10.6 Å². The Bertz CT molecular complexity index is 646. The summed E-state index contributed by atoms with van der Waals surface area (Å²) in [6.45, 7) is 3.72. The van der Waals surface area contributed by atoms with Crippen molar-refractivity contribution >= 4 is 11.6 Å². The number of quaternary nitrogens is 1. The number of rotatable bonds is 5. The average Bonchev–Trinajstić information content (AvgIpc) is 2.51. The molecule has 0 saturated carbocycles. The number of carbonyl (C=O) groups excluding carboxylic acids is 1. The van der Waals surface area contributed by atoms with E-state index in [1.807, 2.05) is 42.6 Å². The number of anilines is 1. The van der Waals surface area contributed by atoms with Gasteiger partial charge in [-0.05, 0) is 26.0 Å². The van der Waals surface area contributed by atoms with E-state index in [1.165, 1.54) is 0 Å². The van der Waals surface area contributed by atoms with Gasteiger partial charge >= 0.3 is 0 Å². The lowest BCUT2D eigenvalue weighted by molar-refractivity contribution is -0.709. The molecule has 0 aliphatic carbocycles. The van der Waals surface area contributed by atoms with E-state index in [4.69, 9.17) is 0 Å². The molecule has 0 fully saturated rings. The van der Waals surface area contributed by atoms with Crippen LogP contribution >= 0.6 is 0 Å². The molecule has 0 saturated heterocycles. The molecule has 0 bridgehead atoms. The van der Waals surface area contributed by atoms with Crippen LogP contribution in [-0.2, 0) is 4.79 Å². The Morgan fingerprint density at radius 3 is 2.45 bits per heavy atom. The molecule has 0 aliphatic rings. The number of benzene rings is 2. The van der Waals surface area contributed by atoms with E-state index in [2.05, 4.69) is 5.32 Å². The van der Waals surface area contributed by atoms with Crippen molar-refractivity contribution in [2.24, 2.45) is 0 Å². The Labute approximate surface area is 128 Å². The van der Waals surface area contributed by atoms with E-state index >= 15 is 0 Å². The molecule has 3 N–H and O–H groups in total. The normalized spacial score (nSPS) is 13.5. The third-order valence-corrected chi connectivity index (χ3v) is 3.50. The standard InChI is InChI=1S/C17H18F2N2O/c1-11(13-6-4-3-5-7-13)20-12(2)17(22)21-16-10-14(18)8-9-15(16)19/h3-12,20H,1-2H3,(H,21,22)/p+1/t11-,12+/m1/s1. The van der Waals surface area contributed by atoms with Gasteiger partial charge in [0.05, 0.1) is 5.69 Å². The first-order valence-corrected chi connectivity index (χ1v) is 7.13. The van der Waals surface area contributed by atoms with E-state index in [1.54, 1.807) is 6.92 Å². The van der Waals surface area contributed by atoms with Crippen LogP contribution in [0.5, 0.6) is 0 Å². The molecule has 0 heterocycles. The van der Waals surface area contributed by atoms with E-state index in [0.717, 1.165) is 23.8 Å². The highest BCUT2D eigenvalue weighted by Gasteiger charge is 2.21. The van der Waals surface area contributed by atoms with Crippen LogP contribution in [0, 0.1) is 11.6 Å². The second-order valence-corrected chi connectivity index (χ2v) is 5.29. The predicted molar refractivity (Wildman–Crippen MR) is 81.2 cm³/mol. The summed E-state index contributed by atoms with van der Waals surface area (Å²) >= 11 is 0. The molecule has 0 spiro atoms. The van der Waals surface area contributed by atoms with E-state index in [0.29, 0.717) is 0 Å². The van der Waals surface area contributed by atoms with Gasteiger partial charge in [0.2, 0.25) is 0 Å². The lowest BCUT2D eigenvalue weighted by Gasteiger charge is -2.17. The topological polar surface area (TPSA) is 45.7 Å². The van der Waals surface area contributed by atoms with Crippen LogP contribution in [-0.4, -0.2) is 11.9 Å². The molecule has 2 aromatic rings. The Hall–Kier alpha value is -2.27. The summed E-state index contributed by atoms with van der Waals surface area (Å²) in [4.78, 5) is 12.1. The average molecular weight is 305 g/mol.